The molecule has 0 saturated carbocycles. The number of anilines is 3. The van der Waals surface area contributed by atoms with Gasteiger partial charge in [-0.1, -0.05) is 103 Å². The molecule has 13 aromatic rings. The van der Waals surface area contributed by atoms with E-state index in [9.17, 15) is 9.59 Å². The average Bonchev–Trinajstić information content (AvgIpc) is 3.89. The fourth-order valence-electron chi connectivity index (χ4n) is 9.91. The molecule has 0 aliphatic rings. The molecule has 0 fully saturated rings. The van der Waals surface area contributed by atoms with Gasteiger partial charge in [-0.2, -0.15) is 0 Å². The predicted octanol–water partition coefficient (Wildman–Crippen LogP) is 14.9. The van der Waals surface area contributed by atoms with Crippen molar-refractivity contribution in [2.45, 2.75) is 0 Å². The first-order valence-corrected chi connectivity index (χ1v) is 22.2. The van der Waals surface area contributed by atoms with Gasteiger partial charge in [0.2, 0.25) is 0 Å². The summed E-state index contributed by atoms with van der Waals surface area (Å²) in [5.74, 6) is 0. The van der Waals surface area contributed by atoms with E-state index in [1.165, 1.54) is 35.8 Å². The van der Waals surface area contributed by atoms with Crippen molar-refractivity contribution in [3.8, 4) is 33.6 Å². The average molecular weight is 864 g/mol. The predicted molar refractivity (Wildman–Crippen MR) is 273 cm³/mol. The van der Waals surface area contributed by atoms with Crippen LogP contribution in [0.25, 0.3) is 99.2 Å². The molecule has 0 saturated heterocycles. The van der Waals surface area contributed by atoms with Crippen LogP contribution in [0.2, 0.25) is 0 Å². The smallest absolute Gasteiger partial charge is 0.192 e. The molecular weight excluding hydrogens is 827 g/mol. The van der Waals surface area contributed by atoms with E-state index in [1.54, 1.807) is 0 Å². The number of rotatable bonds is 7. The van der Waals surface area contributed by atoms with Gasteiger partial charge in [-0.15, -0.1) is 0 Å². The van der Waals surface area contributed by atoms with E-state index in [0.717, 1.165) is 83.2 Å². The van der Waals surface area contributed by atoms with Crippen LogP contribution < -0.4 is 15.8 Å². The first-order valence-electron chi connectivity index (χ1n) is 22.2. The van der Waals surface area contributed by atoms with Crippen LogP contribution in [0.3, 0.4) is 0 Å². The van der Waals surface area contributed by atoms with Crippen molar-refractivity contribution in [3.63, 3.8) is 0 Å². The fourth-order valence-corrected chi connectivity index (χ4v) is 9.91. The SMILES string of the molecule is O=c1ccoc2cc(-n3c4ccccc4c4cc(N(c5ccc(-c6ccc(-c7ccccc7)cc6)cc5)c5ccc6c(c5)c5ccccc5n6-c5ccc6c(=O)ccoc6c5)ccc43)ccc12. The second kappa shape index (κ2) is 15.2. The Morgan fingerprint density at radius 2 is 0.716 bits per heavy atom. The van der Waals surface area contributed by atoms with E-state index in [-0.39, 0.29) is 10.9 Å². The molecule has 7 heteroatoms. The molecule has 0 spiro atoms. The fraction of sp³-hybridized carbons (Fsp3) is 0. The van der Waals surface area contributed by atoms with Crippen molar-refractivity contribution in [2.24, 2.45) is 0 Å². The molecule has 0 atom stereocenters. The number of para-hydroxylation sites is 2. The molecule has 0 unspecified atom stereocenters. The highest BCUT2D eigenvalue weighted by Crippen LogP contribution is 2.43. The summed E-state index contributed by atoms with van der Waals surface area (Å²) >= 11 is 0. The van der Waals surface area contributed by atoms with Gasteiger partial charge < -0.3 is 22.9 Å². The summed E-state index contributed by atoms with van der Waals surface area (Å²) in [6.07, 6.45) is 2.91. The molecule has 13 rings (SSSR count). The van der Waals surface area contributed by atoms with Gasteiger partial charge in [-0.25, -0.2) is 0 Å². The third kappa shape index (κ3) is 6.28. The molecule has 4 aromatic heterocycles. The number of hydrogen-bond acceptors (Lipinski definition) is 5. The Labute approximate surface area is 382 Å². The van der Waals surface area contributed by atoms with Crippen molar-refractivity contribution in [3.05, 3.63) is 245 Å². The number of benzene rings is 9. The Kier molecular flexibility index (Phi) is 8.69. The number of nitrogens with zero attached hydrogens (tertiary/aromatic N) is 3. The Morgan fingerprint density at radius 3 is 1.21 bits per heavy atom. The van der Waals surface area contributed by atoms with Crippen LogP contribution in [0.15, 0.2) is 243 Å². The van der Waals surface area contributed by atoms with Gasteiger partial charge in [-0.05, 0) is 107 Å². The summed E-state index contributed by atoms with van der Waals surface area (Å²) in [7, 11) is 0. The summed E-state index contributed by atoms with van der Waals surface area (Å²) in [5.41, 5.74) is 14.5. The molecule has 0 amide bonds. The number of fused-ring (bicyclic) bond motifs is 8. The quantitative estimate of drug-likeness (QED) is 0.160. The summed E-state index contributed by atoms with van der Waals surface area (Å²) in [5, 5.41) is 5.48. The first-order chi connectivity index (χ1) is 33.0. The lowest BCUT2D eigenvalue weighted by Gasteiger charge is -2.26. The summed E-state index contributed by atoms with van der Waals surface area (Å²) in [6.45, 7) is 0. The maximum Gasteiger partial charge on any atom is 0.192 e. The largest absolute Gasteiger partial charge is 0.464 e. The van der Waals surface area contributed by atoms with E-state index in [1.807, 2.05) is 42.5 Å². The minimum absolute atomic E-state index is 0.0694. The van der Waals surface area contributed by atoms with Crippen molar-refractivity contribution in [1.82, 2.24) is 9.13 Å². The van der Waals surface area contributed by atoms with Gasteiger partial charge in [-0.3, -0.25) is 9.59 Å². The van der Waals surface area contributed by atoms with E-state index in [4.69, 9.17) is 8.83 Å². The molecule has 0 aliphatic carbocycles. The number of hydrogen-bond donors (Lipinski definition) is 0. The van der Waals surface area contributed by atoms with E-state index in [2.05, 4.69) is 172 Å². The monoisotopic (exact) mass is 863 g/mol. The Bertz CT molecular complexity index is 3990. The maximum atomic E-state index is 12.7. The second-order valence-electron chi connectivity index (χ2n) is 16.9. The van der Waals surface area contributed by atoms with Crippen LogP contribution in [-0.2, 0) is 0 Å². The zero-order valence-electron chi connectivity index (χ0n) is 35.8. The highest BCUT2D eigenvalue weighted by molar-refractivity contribution is 6.13. The van der Waals surface area contributed by atoms with Crippen LogP contribution in [-0.4, -0.2) is 9.13 Å². The highest BCUT2D eigenvalue weighted by atomic mass is 16.3. The van der Waals surface area contributed by atoms with Crippen molar-refractivity contribution in [2.75, 3.05) is 4.90 Å². The standard InChI is InChI=1S/C60H37N3O4/c64-57-30-32-66-59-36-45(22-26-49(57)59)62-53-12-6-4-10-47(53)51-34-43(24-28-55(51)62)61(42-20-18-41(19-21-42)40-16-14-39(15-17-40)38-8-2-1-3-9-38)44-25-29-56-52(35-44)48-11-5-7-13-54(48)63(56)46-23-27-50-58(65)31-33-67-60(50)37-46/h1-37H. The van der Waals surface area contributed by atoms with Crippen molar-refractivity contribution < 1.29 is 8.83 Å². The Morgan fingerprint density at radius 1 is 0.313 bits per heavy atom. The van der Waals surface area contributed by atoms with Gasteiger partial charge in [0.15, 0.2) is 10.9 Å². The van der Waals surface area contributed by atoms with Gasteiger partial charge in [0, 0.05) is 74.2 Å². The minimum atomic E-state index is -0.0694. The molecule has 0 bridgehead atoms. The zero-order chi connectivity index (χ0) is 44.6. The molecule has 7 nitrogen and oxygen atoms in total. The maximum absolute atomic E-state index is 12.7. The van der Waals surface area contributed by atoms with Gasteiger partial charge >= 0.3 is 0 Å². The lowest BCUT2D eigenvalue weighted by Crippen LogP contribution is -2.10. The molecule has 9 aromatic carbocycles. The van der Waals surface area contributed by atoms with Crippen LogP contribution in [0.4, 0.5) is 17.1 Å². The number of aromatic nitrogens is 2. The molecule has 0 N–H and O–H groups in total. The summed E-state index contributed by atoms with van der Waals surface area (Å²) in [6, 6.07) is 72.6. The van der Waals surface area contributed by atoms with Crippen molar-refractivity contribution in [1.29, 1.82) is 0 Å². The van der Waals surface area contributed by atoms with E-state index >= 15 is 0 Å². The van der Waals surface area contributed by atoms with Crippen LogP contribution in [0, 0.1) is 0 Å². The lowest BCUT2D eigenvalue weighted by atomic mass is 10.00. The molecule has 4 heterocycles. The Balaban J connectivity index is 0.984. The van der Waals surface area contributed by atoms with E-state index in [0.29, 0.717) is 21.9 Å². The minimum Gasteiger partial charge on any atom is -0.464 e. The van der Waals surface area contributed by atoms with Crippen LogP contribution >= 0.6 is 0 Å². The molecule has 0 aliphatic heterocycles. The van der Waals surface area contributed by atoms with Gasteiger partial charge in [0.05, 0.1) is 45.4 Å². The Hall–Kier alpha value is -9.20. The molecule has 0 radical (unpaired) electrons. The van der Waals surface area contributed by atoms with Gasteiger partial charge in [0.1, 0.15) is 11.2 Å². The van der Waals surface area contributed by atoms with Crippen LogP contribution in [0.1, 0.15) is 0 Å². The van der Waals surface area contributed by atoms with Crippen molar-refractivity contribution >= 4 is 82.6 Å². The third-order valence-corrected chi connectivity index (χ3v) is 13.1. The highest BCUT2D eigenvalue weighted by Gasteiger charge is 2.21. The third-order valence-electron chi connectivity index (χ3n) is 13.1. The molecule has 316 valence electrons. The zero-order valence-corrected chi connectivity index (χ0v) is 35.8. The lowest BCUT2D eigenvalue weighted by molar-refractivity contribution is 0.602. The molecular formula is C60H37N3O4. The van der Waals surface area contributed by atoms with E-state index < -0.39 is 0 Å². The van der Waals surface area contributed by atoms with Gasteiger partial charge in [0.25, 0.3) is 0 Å². The summed E-state index contributed by atoms with van der Waals surface area (Å²) in [4.78, 5) is 27.6. The first kappa shape index (κ1) is 38.3. The summed E-state index contributed by atoms with van der Waals surface area (Å²) < 4.78 is 16.1. The topological polar surface area (TPSA) is 73.5 Å². The normalized spacial score (nSPS) is 11.7. The molecule has 67 heavy (non-hydrogen) atoms. The second-order valence-corrected chi connectivity index (χ2v) is 16.9. The van der Waals surface area contributed by atoms with Crippen LogP contribution in [0.5, 0.6) is 0 Å².